The minimum atomic E-state index is -0.451. The SMILES string of the molecule is O=C(CNCCCOCCO)Nc1ccccc1F. The van der Waals surface area contributed by atoms with Crippen LogP contribution in [0.25, 0.3) is 0 Å². The van der Waals surface area contributed by atoms with Crippen LogP contribution in [0.2, 0.25) is 0 Å². The van der Waals surface area contributed by atoms with Gasteiger partial charge in [0, 0.05) is 6.61 Å². The lowest BCUT2D eigenvalue weighted by Crippen LogP contribution is -2.29. The number of carbonyl (C=O) groups is 1. The number of ether oxygens (including phenoxy) is 1. The molecule has 0 radical (unpaired) electrons. The first kappa shape index (κ1) is 15.6. The summed E-state index contributed by atoms with van der Waals surface area (Å²) in [6.07, 6.45) is 0.743. The third kappa shape index (κ3) is 6.85. The number of hydrogen-bond donors (Lipinski definition) is 3. The number of hydrogen-bond acceptors (Lipinski definition) is 4. The van der Waals surface area contributed by atoms with E-state index in [4.69, 9.17) is 9.84 Å². The van der Waals surface area contributed by atoms with Gasteiger partial charge in [-0.2, -0.15) is 0 Å². The average Bonchev–Trinajstić information content (AvgIpc) is 2.40. The zero-order valence-corrected chi connectivity index (χ0v) is 10.7. The molecule has 106 valence electrons. The summed E-state index contributed by atoms with van der Waals surface area (Å²) in [7, 11) is 0. The fraction of sp³-hybridized carbons (Fsp3) is 0.462. The van der Waals surface area contributed by atoms with Gasteiger partial charge in [-0.15, -0.1) is 0 Å². The van der Waals surface area contributed by atoms with Crippen molar-refractivity contribution in [3.05, 3.63) is 30.1 Å². The number of nitrogens with one attached hydrogen (secondary N) is 2. The summed E-state index contributed by atoms with van der Waals surface area (Å²) in [4.78, 5) is 11.5. The first-order chi connectivity index (χ1) is 9.24. The lowest BCUT2D eigenvalue weighted by molar-refractivity contribution is -0.115. The van der Waals surface area contributed by atoms with Crippen LogP contribution in [0.1, 0.15) is 6.42 Å². The van der Waals surface area contributed by atoms with E-state index in [9.17, 15) is 9.18 Å². The smallest absolute Gasteiger partial charge is 0.238 e. The maximum atomic E-state index is 13.2. The Hall–Kier alpha value is -1.50. The maximum Gasteiger partial charge on any atom is 0.238 e. The van der Waals surface area contributed by atoms with Gasteiger partial charge in [-0.05, 0) is 25.1 Å². The van der Waals surface area contributed by atoms with Crippen LogP contribution in [0.5, 0.6) is 0 Å². The summed E-state index contributed by atoms with van der Waals surface area (Å²) in [5.74, 6) is -0.741. The number of aliphatic hydroxyl groups excluding tert-OH is 1. The molecule has 1 amide bonds. The lowest BCUT2D eigenvalue weighted by Gasteiger charge is -2.07. The number of rotatable bonds is 9. The molecule has 0 atom stereocenters. The number of anilines is 1. The molecule has 1 aromatic rings. The highest BCUT2D eigenvalue weighted by atomic mass is 19.1. The lowest BCUT2D eigenvalue weighted by atomic mass is 10.3. The fourth-order valence-electron chi connectivity index (χ4n) is 1.42. The Morgan fingerprint density at radius 2 is 2.11 bits per heavy atom. The molecule has 0 aliphatic heterocycles. The second-order valence-electron chi connectivity index (χ2n) is 3.89. The second kappa shape index (κ2) is 9.43. The van der Waals surface area contributed by atoms with E-state index >= 15 is 0 Å². The topological polar surface area (TPSA) is 70.6 Å². The zero-order chi connectivity index (χ0) is 13.9. The molecule has 0 unspecified atom stereocenters. The molecule has 3 N–H and O–H groups in total. The molecule has 0 aliphatic carbocycles. The molecule has 0 bridgehead atoms. The molecule has 0 fully saturated rings. The quantitative estimate of drug-likeness (QED) is 0.579. The van der Waals surface area contributed by atoms with Gasteiger partial charge in [0.2, 0.25) is 5.91 Å². The molecule has 6 heteroatoms. The summed E-state index contributed by atoms with van der Waals surface area (Å²) in [5, 5.41) is 13.9. The zero-order valence-electron chi connectivity index (χ0n) is 10.7. The number of halogens is 1. The molecule has 1 rings (SSSR count). The molecule has 0 saturated heterocycles. The molecule has 5 nitrogen and oxygen atoms in total. The molecular formula is C13H19FN2O3. The van der Waals surface area contributed by atoms with Gasteiger partial charge in [0.05, 0.1) is 25.4 Å². The van der Waals surface area contributed by atoms with Crippen molar-refractivity contribution in [2.75, 3.05) is 38.2 Å². The molecule has 0 heterocycles. The summed E-state index contributed by atoms with van der Waals surface area (Å²) in [6.45, 7) is 1.61. The van der Waals surface area contributed by atoms with E-state index in [1.165, 1.54) is 12.1 Å². The molecule has 0 saturated carbocycles. The van der Waals surface area contributed by atoms with E-state index in [1.54, 1.807) is 12.1 Å². The van der Waals surface area contributed by atoms with Crippen molar-refractivity contribution in [1.82, 2.24) is 5.32 Å². The van der Waals surface area contributed by atoms with Gasteiger partial charge >= 0.3 is 0 Å². The number of benzene rings is 1. The van der Waals surface area contributed by atoms with Crippen LogP contribution in [0, 0.1) is 5.82 Å². The van der Waals surface area contributed by atoms with Crippen LogP contribution in [-0.2, 0) is 9.53 Å². The maximum absolute atomic E-state index is 13.2. The largest absolute Gasteiger partial charge is 0.394 e. The Morgan fingerprint density at radius 3 is 2.84 bits per heavy atom. The normalized spacial score (nSPS) is 10.4. The Balaban J connectivity index is 2.10. The van der Waals surface area contributed by atoms with E-state index in [0.29, 0.717) is 19.8 Å². The van der Waals surface area contributed by atoms with Crippen molar-refractivity contribution in [3.63, 3.8) is 0 Å². The highest BCUT2D eigenvalue weighted by molar-refractivity contribution is 5.92. The van der Waals surface area contributed by atoms with Crippen molar-refractivity contribution in [3.8, 4) is 0 Å². The van der Waals surface area contributed by atoms with Crippen molar-refractivity contribution < 1.29 is 19.0 Å². The van der Waals surface area contributed by atoms with E-state index < -0.39 is 5.82 Å². The van der Waals surface area contributed by atoms with Crippen molar-refractivity contribution in [1.29, 1.82) is 0 Å². The highest BCUT2D eigenvalue weighted by Gasteiger charge is 2.05. The predicted molar refractivity (Wildman–Crippen MR) is 70.4 cm³/mol. The predicted octanol–water partition coefficient (Wildman–Crippen LogP) is 0.753. The number of amides is 1. The van der Waals surface area contributed by atoms with Gasteiger partial charge in [-0.3, -0.25) is 4.79 Å². The van der Waals surface area contributed by atoms with Crippen molar-refractivity contribution >= 4 is 11.6 Å². The van der Waals surface area contributed by atoms with E-state index in [1.807, 2.05) is 0 Å². The third-order valence-electron chi connectivity index (χ3n) is 2.31. The van der Waals surface area contributed by atoms with Gasteiger partial charge in [0.15, 0.2) is 0 Å². The van der Waals surface area contributed by atoms with E-state index in [-0.39, 0.29) is 24.7 Å². The minimum Gasteiger partial charge on any atom is -0.394 e. The molecule has 0 aromatic heterocycles. The Labute approximate surface area is 111 Å². The van der Waals surface area contributed by atoms with E-state index in [0.717, 1.165) is 6.42 Å². The minimum absolute atomic E-state index is 0.0124. The van der Waals surface area contributed by atoms with Crippen molar-refractivity contribution in [2.45, 2.75) is 6.42 Å². The highest BCUT2D eigenvalue weighted by Crippen LogP contribution is 2.11. The molecule has 19 heavy (non-hydrogen) atoms. The van der Waals surface area contributed by atoms with Crippen LogP contribution in [0.15, 0.2) is 24.3 Å². The number of para-hydroxylation sites is 1. The third-order valence-corrected chi connectivity index (χ3v) is 2.31. The Bertz CT molecular complexity index is 388. The monoisotopic (exact) mass is 270 g/mol. The van der Waals surface area contributed by atoms with Crippen LogP contribution in [0.3, 0.4) is 0 Å². The average molecular weight is 270 g/mol. The van der Waals surface area contributed by atoms with Gasteiger partial charge in [-0.1, -0.05) is 12.1 Å². The Kier molecular flexibility index (Phi) is 7.72. The summed E-state index contributed by atoms with van der Waals surface area (Å²) >= 11 is 0. The molecular weight excluding hydrogens is 251 g/mol. The summed E-state index contributed by atoms with van der Waals surface area (Å²) in [5.41, 5.74) is 0.181. The van der Waals surface area contributed by atoms with E-state index in [2.05, 4.69) is 10.6 Å². The summed E-state index contributed by atoms with van der Waals surface area (Å²) in [6, 6.07) is 6.03. The van der Waals surface area contributed by atoms with Gasteiger partial charge in [0.1, 0.15) is 5.82 Å². The van der Waals surface area contributed by atoms with Crippen LogP contribution in [0.4, 0.5) is 10.1 Å². The first-order valence-electron chi connectivity index (χ1n) is 6.17. The Morgan fingerprint density at radius 1 is 1.32 bits per heavy atom. The molecule has 0 aliphatic rings. The first-order valence-corrected chi connectivity index (χ1v) is 6.17. The van der Waals surface area contributed by atoms with Crippen LogP contribution >= 0.6 is 0 Å². The van der Waals surface area contributed by atoms with Gasteiger partial charge < -0.3 is 20.5 Å². The van der Waals surface area contributed by atoms with Crippen LogP contribution in [-0.4, -0.2) is 43.9 Å². The van der Waals surface area contributed by atoms with Crippen LogP contribution < -0.4 is 10.6 Å². The second-order valence-corrected chi connectivity index (χ2v) is 3.89. The summed E-state index contributed by atoms with van der Waals surface area (Å²) < 4.78 is 18.3. The standard InChI is InChI=1S/C13H19FN2O3/c14-11-4-1-2-5-12(11)16-13(18)10-15-6-3-8-19-9-7-17/h1-2,4-5,15,17H,3,6-10H2,(H,16,18). The number of aliphatic hydroxyl groups is 1. The molecule has 1 aromatic carbocycles. The molecule has 0 spiro atoms. The van der Waals surface area contributed by atoms with Gasteiger partial charge in [0.25, 0.3) is 0 Å². The van der Waals surface area contributed by atoms with Gasteiger partial charge in [-0.25, -0.2) is 4.39 Å². The fourth-order valence-corrected chi connectivity index (χ4v) is 1.42. The van der Waals surface area contributed by atoms with Crippen molar-refractivity contribution in [2.24, 2.45) is 0 Å². The number of carbonyl (C=O) groups excluding carboxylic acids is 1.